The highest BCUT2D eigenvalue weighted by atomic mass is 16.4. The lowest BCUT2D eigenvalue weighted by atomic mass is 10.1. The molecule has 0 radical (unpaired) electrons. The highest BCUT2D eigenvalue weighted by Gasteiger charge is 2.50. The van der Waals surface area contributed by atoms with E-state index >= 15 is 0 Å². The highest BCUT2D eigenvalue weighted by Crippen LogP contribution is 2.45. The van der Waals surface area contributed by atoms with Gasteiger partial charge in [-0.3, -0.25) is 9.59 Å². The van der Waals surface area contributed by atoms with Crippen LogP contribution in [-0.4, -0.2) is 23.5 Å². The maximum Gasteiger partial charge on any atom is 0.311 e. The fraction of sp³-hybridized carbons (Fsp3) is 0.385. The largest absolute Gasteiger partial charge is 0.481 e. The van der Waals surface area contributed by atoms with Crippen molar-refractivity contribution in [3.8, 4) is 0 Å². The fourth-order valence-corrected chi connectivity index (χ4v) is 1.76. The average Bonchev–Trinajstić information content (AvgIpc) is 3.17. The Kier molecular flexibility index (Phi) is 3.34. The number of nitrogens with two attached hydrogens (primary N) is 1. The standard InChI is InChI=1S/C13H16N2O3/c14-7-9-1-3-10(4-2-9)11(16)15-8-13(5-6-13)12(17)18/h1-4H,5-8,14H2,(H,15,16)(H,17,18). The molecule has 0 atom stereocenters. The molecule has 0 unspecified atom stereocenters. The Morgan fingerprint density at radius 1 is 1.28 bits per heavy atom. The molecule has 1 aromatic rings. The van der Waals surface area contributed by atoms with Crippen molar-refractivity contribution in [1.29, 1.82) is 0 Å². The van der Waals surface area contributed by atoms with Crippen LogP contribution in [0.5, 0.6) is 0 Å². The van der Waals surface area contributed by atoms with E-state index in [9.17, 15) is 9.59 Å². The molecular formula is C13H16N2O3. The van der Waals surface area contributed by atoms with E-state index in [0.29, 0.717) is 24.9 Å². The van der Waals surface area contributed by atoms with E-state index in [0.717, 1.165) is 5.56 Å². The van der Waals surface area contributed by atoms with Gasteiger partial charge < -0.3 is 16.2 Å². The van der Waals surface area contributed by atoms with Crippen LogP contribution in [0.15, 0.2) is 24.3 Å². The monoisotopic (exact) mass is 248 g/mol. The van der Waals surface area contributed by atoms with E-state index in [1.54, 1.807) is 24.3 Å². The summed E-state index contributed by atoms with van der Waals surface area (Å²) >= 11 is 0. The van der Waals surface area contributed by atoms with Gasteiger partial charge >= 0.3 is 5.97 Å². The normalized spacial score (nSPS) is 16.1. The molecule has 96 valence electrons. The molecule has 1 saturated carbocycles. The predicted octanol–water partition coefficient (Wildman–Crippen LogP) is 0.740. The van der Waals surface area contributed by atoms with Crippen molar-refractivity contribution in [2.45, 2.75) is 19.4 Å². The molecule has 2 rings (SSSR count). The molecular weight excluding hydrogens is 232 g/mol. The molecule has 0 bridgehead atoms. The molecule has 0 aromatic heterocycles. The number of carboxylic acid groups (broad SMARTS) is 1. The SMILES string of the molecule is NCc1ccc(C(=O)NCC2(C(=O)O)CC2)cc1. The summed E-state index contributed by atoms with van der Waals surface area (Å²) in [7, 11) is 0. The molecule has 0 heterocycles. The lowest BCUT2D eigenvalue weighted by Gasteiger charge is -2.11. The first-order valence-electron chi connectivity index (χ1n) is 5.88. The predicted molar refractivity (Wildman–Crippen MR) is 66.0 cm³/mol. The van der Waals surface area contributed by atoms with Crippen LogP contribution in [0.25, 0.3) is 0 Å². The highest BCUT2D eigenvalue weighted by molar-refractivity contribution is 5.94. The number of rotatable bonds is 5. The molecule has 1 aliphatic carbocycles. The van der Waals surface area contributed by atoms with Crippen LogP contribution in [0.1, 0.15) is 28.8 Å². The lowest BCUT2D eigenvalue weighted by molar-refractivity contribution is -0.143. The molecule has 1 aromatic carbocycles. The Hall–Kier alpha value is -1.88. The zero-order valence-electron chi connectivity index (χ0n) is 9.98. The van der Waals surface area contributed by atoms with Gasteiger partial charge in [0.15, 0.2) is 0 Å². The average molecular weight is 248 g/mol. The number of amides is 1. The number of carboxylic acids is 1. The van der Waals surface area contributed by atoms with Crippen molar-refractivity contribution in [2.75, 3.05) is 6.54 Å². The minimum atomic E-state index is -0.832. The van der Waals surface area contributed by atoms with E-state index in [2.05, 4.69) is 5.32 Å². The van der Waals surface area contributed by atoms with Gasteiger partial charge in [-0.15, -0.1) is 0 Å². The number of carbonyl (C=O) groups excluding carboxylic acids is 1. The third kappa shape index (κ3) is 2.51. The van der Waals surface area contributed by atoms with Crippen LogP contribution in [0.3, 0.4) is 0 Å². The zero-order chi connectivity index (χ0) is 13.2. The van der Waals surface area contributed by atoms with E-state index < -0.39 is 11.4 Å². The minimum absolute atomic E-state index is 0.194. The summed E-state index contributed by atoms with van der Waals surface area (Å²) in [5.74, 6) is -1.08. The van der Waals surface area contributed by atoms with Crippen molar-refractivity contribution < 1.29 is 14.7 Å². The summed E-state index contributed by atoms with van der Waals surface area (Å²) < 4.78 is 0. The molecule has 5 heteroatoms. The summed E-state index contributed by atoms with van der Waals surface area (Å²) in [5.41, 5.74) is 6.21. The van der Waals surface area contributed by atoms with E-state index in [4.69, 9.17) is 10.8 Å². The molecule has 0 aliphatic heterocycles. The first-order valence-corrected chi connectivity index (χ1v) is 5.88. The number of benzene rings is 1. The third-order valence-electron chi connectivity index (χ3n) is 3.35. The van der Waals surface area contributed by atoms with Gasteiger partial charge in [0.25, 0.3) is 5.91 Å². The van der Waals surface area contributed by atoms with Gasteiger partial charge in [0.05, 0.1) is 5.41 Å². The Bertz CT molecular complexity index is 464. The summed E-state index contributed by atoms with van der Waals surface area (Å²) in [5, 5.41) is 11.7. The summed E-state index contributed by atoms with van der Waals surface area (Å²) in [6.07, 6.45) is 1.27. The van der Waals surface area contributed by atoms with Gasteiger partial charge in [-0.1, -0.05) is 12.1 Å². The van der Waals surface area contributed by atoms with Crippen LogP contribution < -0.4 is 11.1 Å². The van der Waals surface area contributed by atoms with Crippen LogP contribution >= 0.6 is 0 Å². The number of carbonyl (C=O) groups is 2. The summed E-state index contributed by atoms with van der Waals surface area (Å²) in [6, 6.07) is 6.97. The van der Waals surface area contributed by atoms with E-state index in [-0.39, 0.29) is 12.5 Å². The van der Waals surface area contributed by atoms with Crippen molar-refractivity contribution in [3.05, 3.63) is 35.4 Å². The van der Waals surface area contributed by atoms with Crippen molar-refractivity contribution in [2.24, 2.45) is 11.1 Å². The smallest absolute Gasteiger partial charge is 0.311 e. The van der Waals surface area contributed by atoms with Gasteiger partial charge in [-0.05, 0) is 30.5 Å². The second-order valence-corrected chi connectivity index (χ2v) is 4.67. The van der Waals surface area contributed by atoms with Gasteiger partial charge in [-0.25, -0.2) is 0 Å². The number of hydrogen-bond donors (Lipinski definition) is 3. The van der Waals surface area contributed by atoms with Crippen LogP contribution in [0.4, 0.5) is 0 Å². The second kappa shape index (κ2) is 4.78. The Labute approximate surface area is 105 Å². The molecule has 1 aliphatic rings. The van der Waals surface area contributed by atoms with Gasteiger partial charge in [-0.2, -0.15) is 0 Å². The molecule has 1 fully saturated rings. The topological polar surface area (TPSA) is 92.4 Å². The Morgan fingerprint density at radius 2 is 1.89 bits per heavy atom. The van der Waals surface area contributed by atoms with Gasteiger partial charge in [0.1, 0.15) is 0 Å². The summed E-state index contributed by atoms with van der Waals surface area (Å²) in [4.78, 5) is 22.8. The van der Waals surface area contributed by atoms with E-state index in [1.165, 1.54) is 0 Å². The minimum Gasteiger partial charge on any atom is -0.481 e. The lowest BCUT2D eigenvalue weighted by Crippen LogP contribution is -2.34. The maximum atomic E-state index is 11.8. The Balaban J connectivity index is 1.93. The quantitative estimate of drug-likeness (QED) is 0.716. The molecule has 0 saturated heterocycles. The number of hydrogen-bond acceptors (Lipinski definition) is 3. The first-order chi connectivity index (χ1) is 8.57. The number of nitrogens with one attached hydrogen (secondary N) is 1. The van der Waals surface area contributed by atoms with Crippen molar-refractivity contribution in [1.82, 2.24) is 5.32 Å². The molecule has 18 heavy (non-hydrogen) atoms. The second-order valence-electron chi connectivity index (χ2n) is 4.67. The first kappa shape index (κ1) is 12.6. The van der Waals surface area contributed by atoms with Crippen LogP contribution in [-0.2, 0) is 11.3 Å². The van der Waals surface area contributed by atoms with Crippen molar-refractivity contribution >= 4 is 11.9 Å². The molecule has 5 nitrogen and oxygen atoms in total. The van der Waals surface area contributed by atoms with E-state index in [1.807, 2.05) is 0 Å². The third-order valence-corrected chi connectivity index (χ3v) is 3.35. The van der Waals surface area contributed by atoms with Crippen LogP contribution in [0.2, 0.25) is 0 Å². The van der Waals surface area contributed by atoms with Gasteiger partial charge in [0.2, 0.25) is 0 Å². The molecule has 0 spiro atoms. The Morgan fingerprint density at radius 3 is 2.33 bits per heavy atom. The van der Waals surface area contributed by atoms with Crippen molar-refractivity contribution in [3.63, 3.8) is 0 Å². The number of aliphatic carboxylic acids is 1. The summed E-state index contributed by atoms with van der Waals surface area (Å²) in [6.45, 7) is 0.629. The fourth-order valence-electron chi connectivity index (χ4n) is 1.76. The zero-order valence-corrected chi connectivity index (χ0v) is 9.98. The molecule has 1 amide bonds. The van der Waals surface area contributed by atoms with Gasteiger partial charge in [0, 0.05) is 18.7 Å². The molecule has 4 N–H and O–H groups in total. The van der Waals surface area contributed by atoms with Crippen LogP contribution in [0, 0.1) is 5.41 Å². The maximum absolute atomic E-state index is 11.8.